The molecule has 0 aliphatic heterocycles. The van der Waals surface area contributed by atoms with Gasteiger partial charge in [0.1, 0.15) is 0 Å². The first-order chi connectivity index (χ1) is 12.7. The summed E-state index contributed by atoms with van der Waals surface area (Å²) in [6, 6.07) is 11.4. The highest BCUT2D eigenvalue weighted by molar-refractivity contribution is 9.10. The van der Waals surface area contributed by atoms with Gasteiger partial charge in [-0.3, -0.25) is 9.69 Å². The van der Waals surface area contributed by atoms with Crippen molar-refractivity contribution in [2.24, 2.45) is 0 Å². The van der Waals surface area contributed by atoms with Gasteiger partial charge in [0.15, 0.2) is 9.84 Å². The van der Waals surface area contributed by atoms with E-state index in [9.17, 15) is 13.2 Å². The van der Waals surface area contributed by atoms with Crippen molar-refractivity contribution in [3.05, 3.63) is 57.0 Å². The number of rotatable bonds is 8. The second kappa shape index (κ2) is 9.89. The van der Waals surface area contributed by atoms with Crippen molar-refractivity contribution in [1.29, 1.82) is 0 Å². The van der Waals surface area contributed by atoms with Crippen LogP contribution in [-0.4, -0.2) is 44.6 Å². The Morgan fingerprint density at radius 3 is 2.26 bits per heavy atom. The van der Waals surface area contributed by atoms with Gasteiger partial charge >= 0.3 is 0 Å². The van der Waals surface area contributed by atoms with Crippen molar-refractivity contribution in [2.75, 3.05) is 30.7 Å². The molecule has 2 aromatic carbocycles. The average molecular weight is 494 g/mol. The number of carbonyl (C=O) groups is 1. The molecule has 0 spiro atoms. The van der Waals surface area contributed by atoms with Gasteiger partial charge in [0.05, 0.1) is 32.9 Å². The fourth-order valence-electron chi connectivity index (χ4n) is 2.36. The van der Waals surface area contributed by atoms with Crippen molar-refractivity contribution in [3.8, 4) is 0 Å². The molecule has 0 saturated heterocycles. The molecule has 0 unspecified atom stereocenters. The Labute approximate surface area is 177 Å². The van der Waals surface area contributed by atoms with E-state index in [0.717, 1.165) is 4.47 Å². The molecule has 1 N–H and O–H groups in total. The Balaban J connectivity index is 1.97. The molecule has 0 bridgehead atoms. The summed E-state index contributed by atoms with van der Waals surface area (Å²) in [4.78, 5) is 14.3. The number of carbonyl (C=O) groups excluding carboxylic acids is 1. The molecule has 0 saturated carbocycles. The van der Waals surface area contributed by atoms with Crippen LogP contribution in [0.1, 0.15) is 6.92 Å². The van der Waals surface area contributed by atoms with Crippen LogP contribution in [0.5, 0.6) is 0 Å². The zero-order chi connectivity index (χ0) is 20.0. The molecule has 0 aliphatic carbocycles. The zero-order valence-electron chi connectivity index (χ0n) is 14.6. The van der Waals surface area contributed by atoms with Gasteiger partial charge in [-0.05, 0) is 42.9 Å². The fraction of sp³-hybridized carbons (Fsp3) is 0.278. The quantitative estimate of drug-likeness (QED) is 0.588. The van der Waals surface area contributed by atoms with E-state index in [2.05, 4.69) is 21.2 Å². The van der Waals surface area contributed by atoms with E-state index < -0.39 is 9.84 Å². The van der Waals surface area contributed by atoms with E-state index in [1.807, 2.05) is 6.92 Å². The third-order valence-corrected chi connectivity index (χ3v) is 6.76. The molecular formula is C18H19BrCl2N2O3S. The fourth-order valence-corrected chi connectivity index (χ4v) is 4.40. The first kappa shape index (κ1) is 22.2. The predicted molar refractivity (Wildman–Crippen MR) is 113 cm³/mol. The normalized spacial score (nSPS) is 11.6. The minimum Gasteiger partial charge on any atom is -0.322 e. The Bertz CT molecular complexity index is 885. The molecule has 146 valence electrons. The monoisotopic (exact) mass is 492 g/mol. The Kier molecular flexibility index (Phi) is 8.12. The molecule has 0 radical (unpaired) electrons. The number of benzene rings is 2. The summed E-state index contributed by atoms with van der Waals surface area (Å²) in [5, 5.41) is 3.37. The lowest BCUT2D eigenvalue weighted by molar-refractivity contribution is -0.117. The number of hydrogen-bond donors (Lipinski definition) is 1. The Hall–Kier alpha value is -1.12. The first-order valence-corrected chi connectivity index (χ1v) is 11.4. The zero-order valence-corrected chi connectivity index (χ0v) is 18.5. The number of nitrogens with one attached hydrogen (secondary N) is 1. The topological polar surface area (TPSA) is 66.5 Å². The van der Waals surface area contributed by atoms with Crippen molar-refractivity contribution >= 4 is 60.6 Å². The van der Waals surface area contributed by atoms with Crippen LogP contribution in [0.25, 0.3) is 0 Å². The van der Waals surface area contributed by atoms with Gasteiger partial charge in [0.2, 0.25) is 5.91 Å². The largest absolute Gasteiger partial charge is 0.322 e. The number of sulfone groups is 1. The molecule has 0 heterocycles. The SMILES string of the molecule is CCN(CCS(=O)(=O)c1ccc(Br)cc1)CC(=O)Nc1c(Cl)cccc1Cl. The molecule has 0 aromatic heterocycles. The number of para-hydroxylation sites is 1. The maximum Gasteiger partial charge on any atom is 0.238 e. The third kappa shape index (κ3) is 6.47. The summed E-state index contributed by atoms with van der Waals surface area (Å²) in [7, 11) is -3.43. The van der Waals surface area contributed by atoms with Gasteiger partial charge in [0.25, 0.3) is 0 Å². The highest BCUT2D eigenvalue weighted by atomic mass is 79.9. The summed E-state index contributed by atoms with van der Waals surface area (Å²) in [6.45, 7) is 2.66. The molecule has 5 nitrogen and oxygen atoms in total. The van der Waals surface area contributed by atoms with Crippen LogP contribution in [0.15, 0.2) is 51.8 Å². The maximum absolute atomic E-state index is 12.5. The minimum atomic E-state index is -3.43. The summed E-state index contributed by atoms with van der Waals surface area (Å²) < 4.78 is 25.7. The molecule has 27 heavy (non-hydrogen) atoms. The minimum absolute atomic E-state index is 0.0356. The van der Waals surface area contributed by atoms with Crippen molar-refractivity contribution < 1.29 is 13.2 Å². The van der Waals surface area contributed by atoms with Crippen LogP contribution in [0.2, 0.25) is 10.0 Å². The van der Waals surface area contributed by atoms with Crippen LogP contribution < -0.4 is 5.32 Å². The van der Waals surface area contributed by atoms with Crippen molar-refractivity contribution in [3.63, 3.8) is 0 Å². The van der Waals surface area contributed by atoms with E-state index in [1.54, 1.807) is 47.4 Å². The highest BCUT2D eigenvalue weighted by Crippen LogP contribution is 2.29. The van der Waals surface area contributed by atoms with Crippen LogP contribution in [0.3, 0.4) is 0 Å². The number of hydrogen-bond acceptors (Lipinski definition) is 4. The van der Waals surface area contributed by atoms with Gasteiger partial charge in [-0.1, -0.05) is 52.1 Å². The standard InChI is InChI=1S/C18H19BrCl2N2O3S/c1-2-23(10-11-27(25,26)14-8-6-13(19)7-9-14)12-17(24)22-18-15(20)4-3-5-16(18)21/h3-9H,2,10-12H2,1H3,(H,22,24). The maximum atomic E-state index is 12.5. The summed E-state index contributed by atoms with van der Waals surface area (Å²) in [6.07, 6.45) is 0. The van der Waals surface area contributed by atoms with Gasteiger partial charge in [-0.2, -0.15) is 0 Å². The van der Waals surface area contributed by atoms with E-state index in [-0.39, 0.29) is 29.6 Å². The molecule has 2 aromatic rings. The summed E-state index contributed by atoms with van der Waals surface area (Å²) in [5.74, 6) is -0.393. The lowest BCUT2D eigenvalue weighted by atomic mass is 10.3. The number of likely N-dealkylation sites (N-methyl/N-ethyl adjacent to an activating group) is 1. The van der Waals surface area contributed by atoms with E-state index >= 15 is 0 Å². The van der Waals surface area contributed by atoms with Crippen LogP contribution in [0.4, 0.5) is 5.69 Å². The van der Waals surface area contributed by atoms with E-state index in [1.165, 1.54) is 0 Å². The third-order valence-electron chi connectivity index (χ3n) is 3.89. The van der Waals surface area contributed by atoms with Crippen LogP contribution in [0, 0.1) is 0 Å². The summed E-state index contributed by atoms with van der Waals surface area (Å²) >= 11 is 15.4. The van der Waals surface area contributed by atoms with Gasteiger partial charge in [-0.25, -0.2) is 8.42 Å². The molecular weight excluding hydrogens is 475 g/mol. The molecule has 0 fully saturated rings. The van der Waals surface area contributed by atoms with Gasteiger partial charge in [-0.15, -0.1) is 0 Å². The van der Waals surface area contributed by atoms with Crippen molar-refractivity contribution in [1.82, 2.24) is 4.90 Å². The predicted octanol–water partition coefficient (Wildman–Crippen LogP) is 4.49. The van der Waals surface area contributed by atoms with Crippen LogP contribution >= 0.6 is 39.1 Å². The molecule has 0 atom stereocenters. The summed E-state index contributed by atoms with van der Waals surface area (Å²) in [5.41, 5.74) is 0.351. The van der Waals surface area contributed by atoms with Gasteiger partial charge < -0.3 is 5.32 Å². The van der Waals surface area contributed by atoms with Crippen LogP contribution in [-0.2, 0) is 14.6 Å². The smallest absolute Gasteiger partial charge is 0.238 e. The lowest BCUT2D eigenvalue weighted by Gasteiger charge is -2.20. The number of nitrogens with zero attached hydrogens (tertiary/aromatic N) is 1. The second-order valence-corrected chi connectivity index (χ2v) is 9.63. The van der Waals surface area contributed by atoms with Gasteiger partial charge in [0, 0.05) is 11.0 Å². The highest BCUT2D eigenvalue weighted by Gasteiger charge is 2.18. The van der Waals surface area contributed by atoms with E-state index in [0.29, 0.717) is 22.3 Å². The van der Waals surface area contributed by atoms with Crippen molar-refractivity contribution in [2.45, 2.75) is 11.8 Å². The van der Waals surface area contributed by atoms with E-state index in [4.69, 9.17) is 23.2 Å². The Morgan fingerprint density at radius 1 is 1.11 bits per heavy atom. The molecule has 1 amide bonds. The number of amides is 1. The molecule has 0 aliphatic rings. The number of halogens is 3. The average Bonchev–Trinajstić information content (AvgIpc) is 2.62. The number of anilines is 1. The second-order valence-electron chi connectivity index (χ2n) is 5.79. The first-order valence-electron chi connectivity index (χ1n) is 8.17. The lowest BCUT2D eigenvalue weighted by Crippen LogP contribution is -2.36. The molecule has 2 rings (SSSR count). The Morgan fingerprint density at radius 2 is 1.70 bits per heavy atom. The molecule has 9 heteroatoms.